The molecule has 1 aliphatic heterocycles. The van der Waals surface area contributed by atoms with E-state index in [4.69, 9.17) is 11.6 Å². The van der Waals surface area contributed by atoms with Gasteiger partial charge in [-0.05, 0) is 12.5 Å². The summed E-state index contributed by atoms with van der Waals surface area (Å²) >= 11 is 5.84. The number of sulfonamides is 1. The number of non-ortho nitro benzene ring substituents is 1. The van der Waals surface area contributed by atoms with Gasteiger partial charge in [0.15, 0.2) is 0 Å². The van der Waals surface area contributed by atoms with Gasteiger partial charge in [0.25, 0.3) is 5.69 Å². The zero-order valence-electron chi connectivity index (χ0n) is 10.8. The highest BCUT2D eigenvalue weighted by molar-refractivity contribution is 7.89. The van der Waals surface area contributed by atoms with Gasteiger partial charge in [-0.15, -0.1) is 0 Å². The molecular formula is C11H12ClN3O5S. The molecule has 1 saturated heterocycles. The van der Waals surface area contributed by atoms with Crippen molar-refractivity contribution in [2.24, 2.45) is 0 Å². The molecule has 1 amide bonds. The van der Waals surface area contributed by atoms with E-state index < -0.39 is 20.9 Å². The Bertz CT molecular complexity index is 691. The minimum absolute atomic E-state index is 0.175. The molecule has 0 radical (unpaired) electrons. The first-order valence-electron chi connectivity index (χ1n) is 6.03. The number of hydrogen-bond donors (Lipinski definition) is 1. The first kappa shape index (κ1) is 15.7. The summed E-state index contributed by atoms with van der Waals surface area (Å²) in [5.74, 6) is -0.394. The van der Waals surface area contributed by atoms with Gasteiger partial charge in [-0.1, -0.05) is 11.6 Å². The van der Waals surface area contributed by atoms with Crippen LogP contribution in [0.5, 0.6) is 0 Å². The van der Waals surface area contributed by atoms with E-state index in [9.17, 15) is 23.3 Å². The Morgan fingerprint density at radius 3 is 2.71 bits per heavy atom. The number of nitro groups is 1. The lowest BCUT2D eigenvalue weighted by atomic mass is 10.3. The van der Waals surface area contributed by atoms with Gasteiger partial charge in [0, 0.05) is 25.2 Å². The van der Waals surface area contributed by atoms with Gasteiger partial charge in [0.1, 0.15) is 4.90 Å². The molecule has 1 fully saturated rings. The third-order valence-corrected chi connectivity index (χ3v) is 5.30. The van der Waals surface area contributed by atoms with Crippen molar-refractivity contribution in [3.05, 3.63) is 33.3 Å². The standard InChI is InChI=1S/C11H12ClN3O5S/c12-9-6-8(15(17)18)2-3-10(9)21(19,20)14-5-1-4-13-11(16)7-14/h2-3,6H,1,4-5,7H2,(H,13,16). The van der Waals surface area contributed by atoms with Crippen molar-refractivity contribution >= 4 is 33.2 Å². The molecule has 21 heavy (non-hydrogen) atoms. The number of benzene rings is 1. The van der Waals surface area contributed by atoms with Crippen molar-refractivity contribution in [1.82, 2.24) is 9.62 Å². The maximum Gasteiger partial charge on any atom is 0.271 e. The maximum atomic E-state index is 12.5. The number of carbonyl (C=O) groups is 1. The zero-order chi connectivity index (χ0) is 15.6. The topological polar surface area (TPSA) is 110 Å². The maximum absolute atomic E-state index is 12.5. The Kier molecular flexibility index (Phi) is 4.45. The minimum atomic E-state index is -3.97. The van der Waals surface area contributed by atoms with Crippen LogP contribution in [-0.2, 0) is 14.8 Å². The molecule has 10 heteroatoms. The summed E-state index contributed by atoms with van der Waals surface area (Å²) in [6, 6.07) is 3.13. The first-order valence-corrected chi connectivity index (χ1v) is 7.85. The number of halogens is 1. The van der Waals surface area contributed by atoms with Crippen molar-refractivity contribution < 1.29 is 18.1 Å². The van der Waals surface area contributed by atoms with Gasteiger partial charge >= 0.3 is 0 Å². The van der Waals surface area contributed by atoms with E-state index in [0.29, 0.717) is 13.0 Å². The van der Waals surface area contributed by atoms with Crippen LogP contribution in [0.3, 0.4) is 0 Å². The molecule has 0 bridgehead atoms. The SMILES string of the molecule is O=C1CN(S(=O)(=O)c2ccc([N+](=O)[O-])cc2Cl)CCCN1. The third kappa shape index (κ3) is 3.31. The second-order valence-electron chi connectivity index (χ2n) is 4.41. The van der Waals surface area contributed by atoms with Crippen LogP contribution < -0.4 is 5.32 Å². The number of carbonyl (C=O) groups excluding carboxylic acids is 1. The molecule has 1 N–H and O–H groups in total. The normalized spacial score (nSPS) is 17.1. The highest BCUT2D eigenvalue weighted by Gasteiger charge is 2.30. The van der Waals surface area contributed by atoms with Crippen LogP contribution >= 0.6 is 11.6 Å². The van der Waals surface area contributed by atoms with Gasteiger partial charge in [-0.2, -0.15) is 4.31 Å². The smallest absolute Gasteiger partial charge is 0.271 e. The lowest BCUT2D eigenvalue weighted by molar-refractivity contribution is -0.384. The number of nitrogens with zero attached hydrogens (tertiary/aromatic N) is 2. The molecule has 8 nitrogen and oxygen atoms in total. The first-order chi connectivity index (χ1) is 9.82. The van der Waals surface area contributed by atoms with Gasteiger partial charge in [-0.25, -0.2) is 8.42 Å². The number of nitro benzene ring substituents is 1. The molecule has 0 aromatic heterocycles. The summed E-state index contributed by atoms with van der Waals surface area (Å²) in [6.07, 6.45) is 0.482. The fourth-order valence-corrected chi connectivity index (χ4v) is 3.88. The van der Waals surface area contributed by atoms with E-state index in [0.717, 1.165) is 22.5 Å². The van der Waals surface area contributed by atoms with Gasteiger partial charge in [0.05, 0.1) is 16.5 Å². The predicted molar refractivity (Wildman–Crippen MR) is 74.5 cm³/mol. The molecule has 0 aliphatic carbocycles. The monoisotopic (exact) mass is 333 g/mol. The predicted octanol–water partition coefficient (Wildman–Crippen LogP) is 0.759. The molecule has 0 atom stereocenters. The number of rotatable bonds is 3. The second-order valence-corrected chi connectivity index (χ2v) is 6.73. The van der Waals surface area contributed by atoms with E-state index in [-0.39, 0.29) is 28.7 Å². The van der Waals surface area contributed by atoms with E-state index in [1.807, 2.05) is 0 Å². The van der Waals surface area contributed by atoms with Crippen molar-refractivity contribution in [2.45, 2.75) is 11.3 Å². The summed E-state index contributed by atoms with van der Waals surface area (Å²) < 4.78 is 26.0. The summed E-state index contributed by atoms with van der Waals surface area (Å²) in [6.45, 7) is 0.281. The van der Waals surface area contributed by atoms with Crippen molar-refractivity contribution in [3.8, 4) is 0 Å². The summed E-state index contributed by atoms with van der Waals surface area (Å²) in [4.78, 5) is 21.2. The van der Waals surface area contributed by atoms with Crippen molar-refractivity contribution in [1.29, 1.82) is 0 Å². The molecular weight excluding hydrogens is 322 g/mol. The van der Waals surface area contributed by atoms with E-state index in [1.165, 1.54) is 0 Å². The van der Waals surface area contributed by atoms with Crippen LogP contribution in [0.15, 0.2) is 23.1 Å². The van der Waals surface area contributed by atoms with Crippen LogP contribution in [0.25, 0.3) is 0 Å². The second kappa shape index (κ2) is 5.96. The third-order valence-electron chi connectivity index (χ3n) is 2.97. The molecule has 114 valence electrons. The zero-order valence-corrected chi connectivity index (χ0v) is 12.4. The Balaban J connectivity index is 2.39. The van der Waals surface area contributed by atoms with Gasteiger partial charge in [0.2, 0.25) is 15.9 Å². The number of hydrogen-bond acceptors (Lipinski definition) is 5. The summed E-state index contributed by atoms with van der Waals surface area (Å²) in [7, 11) is -3.97. The fraction of sp³-hybridized carbons (Fsp3) is 0.364. The number of nitrogens with one attached hydrogen (secondary N) is 1. The van der Waals surface area contributed by atoms with Crippen molar-refractivity contribution in [2.75, 3.05) is 19.6 Å². The average molecular weight is 334 g/mol. The van der Waals surface area contributed by atoms with Crippen LogP contribution in [-0.4, -0.2) is 43.2 Å². The lowest BCUT2D eigenvalue weighted by Gasteiger charge is -2.19. The molecule has 0 spiro atoms. The number of amides is 1. The molecule has 2 rings (SSSR count). The highest BCUT2D eigenvalue weighted by Crippen LogP contribution is 2.28. The van der Waals surface area contributed by atoms with E-state index in [2.05, 4.69) is 5.32 Å². The molecule has 1 aromatic carbocycles. The Labute approximate surface area is 125 Å². The lowest BCUT2D eigenvalue weighted by Crippen LogP contribution is -2.37. The van der Waals surface area contributed by atoms with Crippen LogP contribution in [0.1, 0.15) is 6.42 Å². The van der Waals surface area contributed by atoms with Crippen molar-refractivity contribution in [3.63, 3.8) is 0 Å². The van der Waals surface area contributed by atoms with E-state index in [1.54, 1.807) is 0 Å². The minimum Gasteiger partial charge on any atom is -0.355 e. The Hall–Kier alpha value is -1.71. The average Bonchev–Trinajstić information content (AvgIpc) is 2.63. The summed E-state index contributed by atoms with van der Waals surface area (Å²) in [5, 5.41) is 13.0. The molecule has 1 aromatic rings. The molecule has 1 aliphatic rings. The Morgan fingerprint density at radius 1 is 1.38 bits per heavy atom. The fourth-order valence-electron chi connectivity index (χ4n) is 1.94. The quantitative estimate of drug-likeness (QED) is 0.648. The van der Waals surface area contributed by atoms with Crippen LogP contribution in [0, 0.1) is 10.1 Å². The van der Waals surface area contributed by atoms with Gasteiger partial charge < -0.3 is 5.32 Å². The largest absolute Gasteiger partial charge is 0.355 e. The molecule has 0 saturated carbocycles. The summed E-state index contributed by atoms with van der Waals surface area (Å²) in [5.41, 5.74) is -0.299. The molecule has 0 unspecified atom stereocenters. The van der Waals surface area contributed by atoms with Crippen LogP contribution in [0.2, 0.25) is 5.02 Å². The van der Waals surface area contributed by atoms with Crippen LogP contribution in [0.4, 0.5) is 5.69 Å². The highest BCUT2D eigenvalue weighted by atomic mass is 35.5. The molecule has 1 heterocycles. The van der Waals surface area contributed by atoms with E-state index >= 15 is 0 Å². The Morgan fingerprint density at radius 2 is 2.10 bits per heavy atom. The van der Waals surface area contributed by atoms with Gasteiger partial charge in [-0.3, -0.25) is 14.9 Å².